The number of hydrogen-bond acceptors (Lipinski definition) is 2. The van der Waals surface area contributed by atoms with Crippen LogP contribution in [-0.2, 0) is 6.42 Å². The van der Waals surface area contributed by atoms with Gasteiger partial charge in [-0.3, -0.25) is 0 Å². The Morgan fingerprint density at radius 3 is 2.38 bits per heavy atom. The monoisotopic (exact) mass is 328 g/mol. The molecule has 0 unspecified atom stereocenters. The van der Waals surface area contributed by atoms with Crippen molar-refractivity contribution in [3.05, 3.63) is 35.9 Å². The van der Waals surface area contributed by atoms with Gasteiger partial charge in [0.2, 0.25) is 0 Å². The molecule has 2 aliphatic rings. The van der Waals surface area contributed by atoms with Crippen LogP contribution in [0.15, 0.2) is 30.3 Å². The zero-order chi connectivity index (χ0) is 16.5. The predicted molar refractivity (Wildman–Crippen MR) is 103 cm³/mol. The standard InChI is InChI=1S/C22H36N2/c1-3-8-20(9-4-1)18-21-12-16-24(17-13-21)15-7-14-23-19-22-10-5-2-6-11-22/h1,3-4,8-9,21-23H,2,5-7,10-19H2. The Kier molecular flexibility index (Phi) is 7.63. The molecule has 1 saturated heterocycles. The van der Waals surface area contributed by atoms with Crippen LogP contribution in [0, 0.1) is 11.8 Å². The van der Waals surface area contributed by atoms with E-state index in [1.165, 1.54) is 96.1 Å². The van der Waals surface area contributed by atoms with Gasteiger partial charge in [-0.25, -0.2) is 0 Å². The van der Waals surface area contributed by atoms with Crippen LogP contribution < -0.4 is 5.32 Å². The molecule has 3 rings (SSSR count). The van der Waals surface area contributed by atoms with E-state index in [4.69, 9.17) is 0 Å². The van der Waals surface area contributed by atoms with E-state index in [1.807, 2.05) is 0 Å². The second kappa shape index (κ2) is 10.2. The molecular weight excluding hydrogens is 292 g/mol. The van der Waals surface area contributed by atoms with E-state index < -0.39 is 0 Å². The first-order valence-electron chi connectivity index (χ1n) is 10.4. The van der Waals surface area contributed by atoms with E-state index >= 15 is 0 Å². The normalized spacial score (nSPS) is 21.2. The van der Waals surface area contributed by atoms with E-state index in [2.05, 4.69) is 40.5 Å². The Morgan fingerprint density at radius 2 is 1.62 bits per heavy atom. The van der Waals surface area contributed by atoms with Crippen molar-refractivity contribution in [2.24, 2.45) is 11.8 Å². The lowest BCUT2D eigenvalue weighted by molar-refractivity contribution is 0.181. The van der Waals surface area contributed by atoms with Crippen LogP contribution in [0.5, 0.6) is 0 Å². The summed E-state index contributed by atoms with van der Waals surface area (Å²) < 4.78 is 0. The lowest BCUT2D eigenvalue weighted by atomic mass is 9.89. The van der Waals surface area contributed by atoms with Gasteiger partial charge >= 0.3 is 0 Å². The summed E-state index contributed by atoms with van der Waals surface area (Å²) in [6, 6.07) is 11.0. The summed E-state index contributed by atoms with van der Waals surface area (Å²) in [5, 5.41) is 3.71. The third-order valence-corrected chi connectivity index (χ3v) is 6.06. The molecule has 2 nitrogen and oxygen atoms in total. The van der Waals surface area contributed by atoms with Gasteiger partial charge in [-0.05, 0) is 88.6 Å². The Labute approximate surface area is 149 Å². The maximum atomic E-state index is 3.71. The molecule has 24 heavy (non-hydrogen) atoms. The maximum absolute atomic E-state index is 3.71. The second-order valence-corrected chi connectivity index (χ2v) is 8.04. The van der Waals surface area contributed by atoms with E-state index in [1.54, 1.807) is 0 Å². The smallest absolute Gasteiger partial charge is 0.000664 e. The molecule has 1 aromatic rings. The van der Waals surface area contributed by atoms with Gasteiger partial charge in [0.25, 0.3) is 0 Å². The Morgan fingerprint density at radius 1 is 0.875 bits per heavy atom. The fraction of sp³-hybridized carbons (Fsp3) is 0.727. The minimum Gasteiger partial charge on any atom is -0.316 e. The van der Waals surface area contributed by atoms with Crippen molar-refractivity contribution in [2.45, 2.75) is 57.8 Å². The average Bonchev–Trinajstić information content (AvgIpc) is 2.65. The quantitative estimate of drug-likeness (QED) is 0.707. The molecular formula is C22H36N2. The van der Waals surface area contributed by atoms with Crippen LogP contribution in [0.4, 0.5) is 0 Å². The van der Waals surface area contributed by atoms with Gasteiger partial charge in [-0.1, -0.05) is 49.6 Å². The maximum Gasteiger partial charge on any atom is -0.000664 e. The van der Waals surface area contributed by atoms with Crippen molar-refractivity contribution in [3.63, 3.8) is 0 Å². The van der Waals surface area contributed by atoms with Gasteiger partial charge in [0, 0.05) is 0 Å². The van der Waals surface area contributed by atoms with Crippen LogP contribution in [-0.4, -0.2) is 37.6 Å². The fourth-order valence-corrected chi connectivity index (χ4v) is 4.49. The SMILES string of the molecule is c1ccc(CC2CCN(CCCNCC3CCCCC3)CC2)cc1. The predicted octanol–water partition coefficient (Wildman–Crippen LogP) is 4.50. The summed E-state index contributed by atoms with van der Waals surface area (Å²) in [7, 11) is 0. The summed E-state index contributed by atoms with van der Waals surface area (Å²) in [6.45, 7) is 6.37. The first-order valence-corrected chi connectivity index (χ1v) is 10.4. The number of nitrogens with one attached hydrogen (secondary N) is 1. The molecule has 0 atom stereocenters. The highest BCUT2D eigenvalue weighted by Crippen LogP contribution is 2.23. The molecule has 2 heteroatoms. The van der Waals surface area contributed by atoms with Crippen molar-refractivity contribution in [1.82, 2.24) is 10.2 Å². The van der Waals surface area contributed by atoms with E-state index in [0.717, 1.165) is 11.8 Å². The number of benzene rings is 1. The first kappa shape index (κ1) is 17.9. The highest BCUT2D eigenvalue weighted by Gasteiger charge is 2.19. The minimum absolute atomic E-state index is 0.896. The summed E-state index contributed by atoms with van der Waals surface area (Å²) in [5.74, 6) is 1.86. The Bertz CT molecular complexity index is 431. The lowest BCUT2D eigenvalue weighted by Crippen LogP contribution is -2.36. The molecule has 0 aromatic heterocycles. The minimum atomic E-state index is 0.896. The van der Waals surface area contributed by atoms with Gasteiger partial charge in [0.15, 0.2) is 0 Å². The lowest BCUT2D eigenvalue weighted by Gasteiger charge is -2.32. The van der Waals surface area contributed by atoms with E-state index in [-0.39, 0.29) is 0 Å². The highest BCUT2D eigenvalue weighted by atomic mass is 15.1. The molecule has 1 aliphatic heterocycles. The van der Waals surface area contributed by atoms with Gasteiger partial charge in [0.1, 0.15) is 0 Å². The fourth-order valence-electron chi connectivity index (χ4n) is 4.49. The molecule has 134 valence electrons. The number of hydrogen-bond donors (Lipinski definition) is 1. The highest BCUT2D eigenvalue weighted by molar-refractivity contribution is 5.15. The average molecular weight is 329 g/mol. The first-order chi connectivity index (χ1) is 11.9. The Hall–Kier alpha value is -0.860. The molecule has 0 amide bonds. The summed E-state index contributed by atoms with van der Waals surface area (Å²) in [4.78, 5) is 2.68. The van der Waals surface area contributed by atoms with Crippen LogP contribution in [0.2, 0.25) is 0 Å². The van der Waals surface area contributed by atoms with E-state index in [9.17, 15) is 0 Å². The van der Waals surface area contributed by atoms with Crippen LogP contribution in [0.3, 0.4) is 0 Å². The number of nitrogens with zero attached hydrogens (tertiary/aromatic N) is 1. The zero-order valence-corrected chi connectivity index (χ0v) is 15.4. The molecule has 1 N–H and O–H groups in total. The van der Waals surface area contributed by atoms with Gasteiger partial charge in [0.05, 0.1) is 0 Å². The van der Waals surface area contributed by atoms with Crippen molar-refractivity contribution in [3.8, 4) is 0 Å². The molecule has 2 fully saturated rings. The van der Waals surface area contributed by atoms with E-state index in [0.29, 0.717) is 0 Å². The van der Waals surface area contributed by atoms with Crippen LogP contribution in [0.1, 0.15) is 56.9 Å². The van der Waals surface area contributed by atoms with Crippen molar-refractivity contribution >= 4 is 0 Å². The summed E-state index contributed by atoms with van der Waals surface area (Å²) in [5.41, 5.74) is 1.52. The summed E-state index contributed by atoms with van der Waals surface area (Å²) in [6.07, 6.45) is 12.7. The molecule has 1 aliphatic carbocycles. The van der Waals surface area contributed by atoms with Gasteiger partial charge in [-0.2, -0.15) is 0 Å². The van der Waals surface area contributed by atoms with Gasteiger partial charge < -0.3 is 10.2 Å². The zero-order valence-electron chi connectivity index (χ0n) is 15.4. The number of likely N-dealkylation sites (tertiary alicyclic amines) is 1. The van der Waals surface area contributed by atoms with Gasteiger partial charge in [-0.15, -0.1) is 0 Å². The molecule has 0 spiro atoms. The molecule has 1 saturated carbocycles. The number of piperidine rings is 1. The van der Waals surface area contributed by atoms with Crippen LogP contribution in [0.25, 0.3) is 0 Å². The van der Waals surface area contributed by atoms with Crippen molar-refractivity contribution in [2.75, 3.05) is 32.7 Å². The molecule has 1 aromatic carbocycles. The van der Waals surface area contributed by atoms with Crippen LogP contribution >= 0.6 is 0 Å². The van der Waals surface area contributed by atoms with Crippen molar-refractivity contribution < 1.29 is 0 Å². The molecule has 0 bridgehead atoms. The number of rotatable bonds is 8. The molecule has 1 heterocycles. The second-order valence-electron chi connectivity index (χ2n) is 8.04. The third-order valence-electron chi connectivity index (χ3n) is 6.06. The topological polar surface area (TPSA) is 15.3 Å². The summed E-state index contributed by atoms with van der Waals surface area (Å²) >= 11 is 0. The molecule has 0 radical (unpaired) electrons. The Balaban J connectivity index is 1.22. The third kappa shape index (κ3) is 6.22. The largest absolute Gasteiger partial charge is 0.316 e. The van der Waals surface area contributed by atoms with Crippen molar-refractivity contribution in [1.29, 1.82) is 0 Å².